The van der Waals surface area contributed by atoms with Crippen molar-refractivity contribution in [2.24, 2.45) is 0 Å². The fourth-order valence-electron chi connectivity index (χ4n) is 2.31. The van der Waals surface area contributed by atoms with Gasteiger partial charge < -0.3 is 10.1 Å². The van der Waals surface area contributed by atoms with E-state index in [9.17, 15) is 14.4 Å². The van der Waals surface area contributed by atoms with Gasteiger partial charge in [-0.25, -0.2) is 10.2 Å². The summed E-state index contributed by atoms with van der Waals surface area (Å²) in [6.07, 6.45) is 6.93. The van der Waals surface area contributed by atoms with Crippen molar-refractivity contribution in [3.05, 3.63) is 11.9 Å². The van der Waals surface area contributed by atoms with E-state index in [1.165, 1.54) is 10.9 Å². The van der Waals surface area contributed by atoms with Crippen LogP contribution >= 0.6 is 0 Å². The molecule has 0 fully saturated rings. The summed E-state index contributed by atoms with van der Waals surface area (Å²) in [5.41, 5.74) is 2.20. The second-order valence-corrected chi connectivity index (χ2v) is 8.04. The van der Waals surface area contributed by atoms with Crippen LogP contribution in [0.4, 0.5) is 0 Å². The molecule has 0 unspecified atom stereocenters. The molecule has 0 aliphatic rings. The third kappa shape index (κ3) is 12.2. The van der Waals surface area contributed by atoms with Gasteiger partial charge in [-0.3, -0.25) is 19.2 Å². The normalized spacial score (nSPS) is 11.2. The van der Waals surface area contributed by atoms with E-state index in [-0.39, 0.29) is 24.1 Å². The summed E-state index contributed by atoms with van der Waals surface area (Å²) >= 11 is 0. The summed E-state index contributed by atoms with van der Waals surface area (Å²) in [5.74, 6) is -0.867. The van der Waals surface area contributed by atoms with Crippen LogP contribution in [0.25, 0.3) is 0 Å². The molecule has 10 heteroatoms. The Kier molecular flexibility index (Phi) is 11.7. The number of hydrogen-bond donors (Lipinski definition) is 2. The van der Waals surface area contributed by atoms with Crippen LogP contribution < -0.4 is 10.8 Å². The first-order valence-electron chi connectivity index (χ1n) is 10.5. The number of hydrogen-bond acceptors (Lipinski definition) is 7. The van der Waals surface area contributed by atoms with E-state index in [2.05, 4.69) is 21.1 Å². The highest BCUT2D eigenvalue weighted by Gasteiger charge is 2.13. The molecule has 0 bridgehead atoms. The van der Waals surface area contributed by atoms with Crippen LogP contribution in [0.3, 0.4) is 0 Å². The highest BCUT2D eigenvalue weighted by atomic mass is 16.7. The van der Waals surface area contributed by atoms with Crippen molar-refractivity contribution < 1.29 is 24.0 Å². The van der Waals surface area contributed by atoms with Crippen molar-refractivity contribution in [3.63, 3.8) is 0 Å². The van der Waals surface area contributed by atoms with E-state index < -0.39 is 11.6 Å². The zero-order chi connectivity index (χ0) is 22.4. The topological polar surface area (TPSA) is 124 Å². The van der Waals surface area contributed by atoms with Crippen LogP contribution in [-0.4, -0.2) is 51.5 Å². The predicted molar refractivity (Wildman–Crippen MR) is 110 cm³/mol. The maximum Gasteiger partial charge on any atom is 0.327 e. The number of aromatic nitrogens is 3. The lowest BCUT2D eigenvalue weighted by Gasteiger charge is -2.18. The first-order valence-corrected chi connectivity index (χ1v) is 10.5. The molecule has 0 atom stereocenters. The first-order chi connectivity index (χ1) is 14.2. The minimum absolute atomic E-state index is 0.0711. The molecule has 1 rings (SSSR count). The van der Waals surface area contributed by atoms with Gasteiger partial charge in [0.05, 0.1) is 18.4 Å². The molecule has 0 saturated carbocycles. The number of unbranched alkanes of at least 4 members (excludes halogenated alkanes) is 4. The molecule has 0 saturated heterocycles. The zero-order valence-electron chi connectivity index (χ0n) is 18.5. The number of ether oxygens (including phenoxy) is 1. The largest absolute Gasteiger partial charge is 0.464 e. The van der Waals surface area contributed by atoms with Gasteiger partial charge in [-0.15, -0.1) is 5.10 Å². The van der Waals surface area contributed by atoms with Crippen molar-refractivity contribution in [3.8, 4) is 0 Å². The fourth-order valence-corrected chi connectivity index (χ4v) is 2.31. The summed E-state index contributed by atoms with van der Waals surface area (Å²) in [4.78, 5) is 40.6. The lowest BCUT2D eigenvalue weighted by Crippen LogP contribution is -2.33. The van der Waals surface area contributed by atoms with Gasteiger partial charge in [0.25, 0.3) is 5.91 Å². The molecule has 0 spiro atoms. The predicted octanol–water partition coefficient (Wildman–Crippen LogP) is 2.15. The van der Waals surface area contributed by atoms with Gasteiger partial charge in [-0.1, -0.05) is 31.4 Å². The van der Waals surface area contributed by atoms with Crippen LogP contribution in [0, 0.1) is 0 Å². The van der Waals surface area contributed by atoms with E-state index in [1.807, 2.05) is 27.7 Å². The van der Waals surface area contributed by atoms with Crippen molar-refractivity contribution in [2.75, 3.05) is 13.2 Å². The number of esters is 1. The molecule has 30 heavy (non-hydrogen) atoms. The standard InChI is InChI=1S/C20H35N5O5/c1-5-6-13-29-18(27)15-25-14-16(22-24-25)19(28)21-12-10-8-7-9-11-17(26)23-30-20(2,3)4/h14H,5-13,15H2,1-4H3,(H,21,28)(H,23,26). The smallest absolute Gasteiger partial charge is 0.327 e. The van der Waals surface area contributed by atoms with Crippen molar-refractivity contribution in [2.45, 2.75) is 84.8 Å². The molecular weight excluding hydrogens is 390 g/mol. The fraction of sp³-hybridized carbons (Fsp3) is 0.750. The van der Waals surface area contributed by atoms with Crippen LogP contribution in [0.1, 0.15) is 83.1 Å². The Morgan fingerprint density at radius 1 is 1.10 bits per heavy atom. The van der Waals surface area contributed by atoms with Gasteiger partial charge in [0.15, 0.2) is 5.69 Å². The second-order valence-electron chi connectivity index (χ2n) is 8.04. The third-order valence-electron chi connectivity index (χ3n) is 3.91. The van der Waals surface area contributed by atoms with E-state index in [0.717, 1.165) is 38.5 Å². The lowest BCUT2D eigenvalue weighted by molar-refractivity contribution is -0.145. The number of carbonyl (C=O) groups is 3. The molecule has 0 radical (unpaired) electrons. The summed E-state index contributed by atoms with van der Waals surface area (Å²) in [7, 11) is 0. The minimum atomic E-state index is -0.406. The molecule has 0 aromatic carbocycles. The number of hydroxylamine groups is 1. The highest BCUT2D eigenvalue weighted by Crippen LogP contribution is 2.06. The third-order valence-corrected chi connectivity index (χ3v) is 3.91. The molecule has 0 aliphatic heterocycles. The number of carbonyl (C=O) groups excluding carboxylic acids is 3. The average Bonchev–Trinajstić information content (AvgIpc) is 3.13. The van der Waals surface area contributed by atoms with Crippen LogP contribution in [-0.2, 0) is 25.7 Å². The second kappa shape index (κ2) is 13.7. The van der Waals surface area contributed by atoms with Crippen LogP contribution in [0.5, 0.6) is 0 Å². The molecule has 10 nitrogen and oxygen atoms in total. The van der Waals surface area contributed by atoms with E-state index in [0.29, 0.717) is 19.6 Å². The minimum Gasteiger partial charge on any atom is -0.464 e. The Morgan fingerprint density at radius 3 is 2.53 bits per heavy atom. The Bertz CT molecular complexity index is 669. The Morgan fingerprint density at radius 2 is 1.83 bits per heavy atom. The molecular formula is C20H35N5O5. The zero-order valence-corrected chi connectivity index (χ0v) is 18.5. The number of nitrogens with one attached hydrogen (secondary N) is 2. The van der Waals surface area contributed by atoms with E-state index >= 15 is 0 Å². The van der Waals surface area contributed by atoms with Crippen molar-refractivity contribution >= 4 is 17.8 Å². The first kappa shape index (κ1) is 25.5. The van der Waals surface area contributed by atoms with E-state index in [4.69, 9.17) is 9.57 Å². The molecule has 0 aliphatic carbocycles. The Balaban J connectivity index is 2.12. The molecule has 1 heterocycles. The number of nitrogens with zero attached hydrogens (tertiary/aromatic N) is 3. The van der Waals surface area contributed by atoms with E-state index in [1.54, 1.807) is 0 Å². The van der Waals surface area contributed by atoms with Gasteiger partial charge in [0.1, 0.15) is 6.54 Å². The summed E-state index contributed by atoms with van der Waals surface area (Å²) in [6, 6.07) is 0. The van der Waals surface area contributed by atoms with Crippen LogP contribution in [0.2, 0.25) is 0 Å². The molecule has 2 N–H and O–H groups in total. The van der Waals surface area contributed by atoms with Crippen LogP contribution in [0.15, 0.2) is 6.20 Å². The molecule has 2 amide bonds. The van der Waals surface area contributed by atoms with Crippen molar-refractivity contribution in [1.82, 2.24) is 25.8 Å². The Hall–Kier alpha value is -2.49. The highest BCUT2D eigenvalue weighted by molar-refractivity contribution is 5.91. The molecule has 170 valence electrons. The maximum atomic E-state index is 12.1. The van der Waals surface area contributed by atoms with Gasteiger partial charge >= 0.3 is 5.97 Å². The summed E-state index contributed by atoms with van der Waals surface area (Å²) < 4.78 is 6.34. The number of rotatable bonds is 14. The van der Waals surface area contributed by atoms with Crippen molar-refractivity contribution in [1.29, 1.82) is 0 Å². The average molecular weight is 426 g/mol. The maximum absolute atomic E-state index is 12.1. The summed E-state index contributed by atoms with van der Waals surface area (Å²) in [6.45, 7) is 8.42. The molecule has 1 aromatic rings. The quantitative estimate of drug-likeness (QED) is 0.266. The summed E-state index contributed by atoms with van der Waals surface area (Å²) in [5, 5.41) is 10.3. The molecule has 1 aromatic heterocycles. The van der Waals surface area contributed by atoms with Gasteiger partial charge in [-0.05, 0) is 40.0 Å². The monoisotopic (exact) mass is 425 g/mol. The van der Waals surface area contributed by atoms with Gasteiger partial charge in [-0.2, -0.15) is 0 Å². The lowest BCUT2D eigenvalue weighted by atomic mass is 10.1. The SMILES string of the molecule is CCCCOC(=O)Cn1cc(C(=O)NCCCCCCC(=O)NOC(C)(C)C)nn1. The van der Waals surface area contributed by atoms with Gasteiger partial charge in [0, 0.05) is 13.0 Å². The van der Waals surface area contributed by atoms with Gasteiger partial charge in [0.2, 0.25) is 5.91 Å². The number of amides is 2. The Labute approximate surface area is 178 Å².